The summed E-state index contributed by atoms with van der Waals surface area (Å²) in [4.78, 5) is 41.9. The molecule has 148 valence electrons. The quantitative estimate of drug-likeness (QED) is 0.427. The lowest BCUT2D eigenvalue weighted by atomic mass is 10.1. The van der Waals surface area contributed by atoms with E-state index in [1.165, 1.54) is 0 Å². The van der Waals surface area contributed by atoms with Gasteiger partial charge in [-0.05, 0) is 30.7 Å². The smallest absolute Gasteiger partial charge is 0.326 e. The van der Waals surface area contributed by atoms with Gasteiger partial charge < -0.3 is 10.3 Å². The maximum atomic E-state index is 12.2. The third kappa shape index (κ3) is 3.12. The predicted molar refractivity (Wildman–Crippen MR) is 114 cm³/mol. The summed E-state index contributed by atoms with van der Waals surface area (Å²) in [6.45, 7) is 2.04. The molecular formula is C21H17N7O2. The first-order valence-corrected chi connectivity index (χ1v) is 9.37. The molecule has 3 aromatic heterocycles. The molecule has 0 saturated heterocycles. The Morgan fingerprint density at radius 1 is 1.03 bits per heavy atom. The van der Waals surface area contributed by atoms with Gasteiger partial charge in [-0.3, -0.25) is 14.3 Å². The molecule has 0 spiro atoms. The molecule has 0 aliphatic rings. The van der Waals surface area contributed by atoms with Crippen LogP contribution in [-0.2, 0) is 0 Å². The Kier molecular flexibility index (Phi) is 4.13. The van der Waals surface area contributed by atoms with Crippen LogP contribution in [0, 0.1) is 0 Å². The topological polar surface area (TPSA) is 121 Å². The highest BCUT2D eigenvalue weighted by Gasteiger charge is 2.12. The van der Waals surface area contributed by atoms with E-state index in [9.17, 15) is 9.59 Å². The standard InChI is InChI=1S/C21H17N7O2/c1-12(13-5-3-2-4-6-13)24-20-22-8-7-18(26-20)28-11-23-16-10-15-14(9-17(16)28)19(29)27-21(30)25-15/h2-12H,1H3,(H,22,24,26)(H2,25,27,29,30)/t12-/m0/s1. The van der Waals surface area contributed by atoms with Crippen LogP contribution in [0.5, 0.6) is 0 Å². The average molecular weight is 399 g/mol. The van der Waals surface area contributed by atoms with Gasteiger partial charge in [0, 0.05) is 6.20 Å². The minimum atomic E-state index is -0.551. The van der Waals surface area contributed by atoms with Crippen molar-refractivity contribution in [2.45, 2.75) is 13.0 Å². The largest absolute Gasteiger partial charge is 0.348 e. The Morgan fingerprint density at radius 3 is 2.70 bits per heavy atom. The molecule has 3 heterocycles. The first kappa shape index (κ1) is 17.8. The van der Waals surface area contributed by atoms with Crippen molar-refractivity contribution < 1.29 is 0 Å². The van der Waals surface area contributed by atoms with Gasteiger partial charge in [-0.25, -0.2) is 14.8 Å². The Labute approximate surface area is 169 Å². The van der Waals surface area contributed by atoms with E-state index in [2.05, 4.69) is 30.2 Å². The summed E-state index contributed by atoms with van der Waals surface area (Å²) in [6.07, 6.45) is 3.29. The van der Waals surface area contributed by atoms with E-state index in [-0.39, 0.29) is 6.04 Å². The molecule has 0 bridgehead atoms. The molecule has 0 saturated carbocycles. The van der Waals surface area contributed by atoms with Crippen LogP contribution in [0.3, 0.4) is 0 Å². The Hall–Kier alpha value is -4.27. The SMILES string of the molecule is C[C@H](Nc1nccc(-n2cnc3cc4[nH]c(=O)[nH]c(=O)c4cc32)n1)c1ccccc1. The fourth-order valence-electron chi connectivity index (χ4n) is 3.42. The first-order valence-electron chi connectivity index (χ1n) is 9.37. The number of nitrogens with one attached hydrogen (secondary N) is 3. The third-order valence-electron chi connectivity index (χ3n) is 4.94. The van der Waals surface area contributed by atoms with E-state index in [0.717, 1.165) is 5.56 Å². The molecule has 1 atom stereocenters. The number of benzene rings is 2. The Bertz CT molecular complexity index is 1480. The van der Waals surface area contributed by atoms with Crippen molar-refractivity contribution in [3.05, 3.63) is 87.5 Å². The minimum absolute atomic E-state index is 0.0281. The van der Waals surface area contributed by atoms with E-state index >= 15 is 0 Å². The number of nitrogens with zero attached hydrogens (tertiary/aromatic N) is 4. The highest BCUT2D eigenvalue weighted by Crippen LogP contribution is 2.22. The lowest BCUT2D eigenvalue weighted by molar-refractivity contribution is 0.854. The zero-order valence-corrected chi connectivity index (χ0v) is 16.0. The van der Waals surface area contributed by atoms with Crippen molar-refractivity contribution in [2.75, 3.05) is 5.32 Å². The summed E-state index contributed by atoms with van der Waals surface area (Å²) >= 11 is 0. The normalized spacial score (nSPS) is 12.3. The second kappa shape index (κ2) is 6.96. The molecule has 0 radical (unpaired) electrons. The number of hydrogen-bond acceptors (Lipinski definition) is 6. The molecule has 2 aromatic carbocycles. The van der Waals surface area contributed by atoms with Gasteiger partial charge in [0.05, 0.1) is 28.0 Å². The van der Waals surface area contributed by atoms with E-state index in [1.807, 2.05) is 37.3 Å². The predicted octanol–water partition coefficient (Wildman–Crippen LogP) is 2.52. The lowest BCUT2D eigenvalue weighted by Gasteiger charge is -2.14. The molecule has 5 aromatic rings. The molecule has 0 aliphatic carbocycles. The maximum Gasteiger partial charge on any atom is 0.326 e. The summed E-state index contributed by atoms with van der Waals surface area (Å²) in [5.74, 6) is 1.09. The zero-order valence-electron chi connectivity index (χ0n) is 16.0. The van der Waals surface area contributed by atoms with E-state index < -0.39 is 11.2 Å². The lowest BCUT2D eigenvalue weighted by Crippen LogP contribution is -2.21. The molecule has 5 rings (SSSR count). The monoisotopic (exact) mass is 399 g/mol. The fraction of sp³-hybridized carbons (Fsp3) is 0.0952. The molecule has 0 fully saturated rings. The highest BCUT2D eigenvalue weighted by molar-refractivity contribution is 5.93. The van der Waals surface area contributed by atoms with Crippen molar-refractivity contribution in [3.8, 4) is 5.82 Å². The molecule has 0 amide bonds. The summed E-state index contributed by atoms with van der Waals surface area (Å²) < 4.78 is 1.78. The molecule has 30 heavy (non-hydrogen) atoms. The number of rotatable bonds is 4. The van der Waals surface area contributed by atoms with Crippen LogP contribution in [0.15, 0.2) is 70.6 Å². The summed E-state index contributed by atoms with van der Waals surface area (Å²) in [7, 11) is 0. The van der Waals surface area contributed by atoms with E-state index in [0.29, 0.717) is 33.7 Å². The Morgan fingerprint density at radius 2 is 1.87 bits per heavy atom. The molecule has 0 aliphatic heterocycles. The van der Waals surface area contributed by atoms with Gasteiger partial charge in [0.15, 0.2) is 0 Å². The second-order valence-electron chi connectivity index (χ2n) is 6.92. The highest BCUT2D eigenvalue weighted by atomic mass is 16.2. The molecule has 9 heteroatoms. The molecule has 9 nitrogen and oxygen atoms in total. The van der Waals surface area contributed by atoms with Gasteiger partial charge in [-0.15, -0.1) is 0 Å². The number of H-pyrrole nitrogens is 2. The van der Waals surface area contributed by atoms with Gasteiger partial charge in [0.1, 0.15) is 12.1 Å². The summed E-state index contributed by atoms with van der Waals surface area (Å²) in [5.41, 5.74) is 1.88. The van der Waals surface area contributed by atoms with Crippen LogP contribution in [0.2, 0.25) is 0 Å². The Balaban J connectivity index is 1.56. The number of aromatic nitrogens is 6. The van der Waals surface area contributed by atoms with Gasteiger partial charge in [0.25, 0.3) is 5.56 Å². The van der Waals surface area contributed by atoms with Crippen LogP contribution >= 0.6 is 0 Å². The number of fused-ring (bicyclic) bond motifs is 2. The summed E-state index contributed by atoms with van der Waals surface area (Å²) in [5, 5.41) is 3.67. The average Bonchev–Trinajstić information content (AvgIpc) is 3.16. The number of imidazole rings is 1. The molecule has 0 unspecified atom stereocenters. The fourth-order valence-corrected chi connectivity index (χ4v) is 3.42. The van der Waals surface area contributed by atoms with Crippen molar-refractivity contribution >= 4 is 27.9 Å². The van der Waals surface area contributed by atoms with Crippen LogP contribution in [0.25, 0.3) is 27.8 Å². The van der Waals surface area contributed by atoms with Gasteiger partial charge in [0.2, 0.25) is 5.95 Å². The zero-order chi connectivity index (χ0) is 20.7. The van der Waals surface area contributed by atoms with Crippen molar-refractivity contribution in [2.24, 2.45) is 0 Å². The first-order chi connectivity index (χ1) is 14.6. The van der Waals surface area contributed by atoms with Gasteiger partial charge in [-0.2, -0.15) is 4.98 Å². The number of aromatic amines is 2. The third-order valence-corrected chi connectivity index (χ3v) is 4.94. The van der Waals surface area contributed by atoms with Gasteiger partial charge >= 0.3 is 5.69 Å². The van der Waals surface area contributed by atoms with Crippen LogP contribution in [0.4, 0.5) is 5.95 Å². The van der Waals surface area contributed by atoms with Crippen molar-refractivity contribution in [1.29, 1.82) is 0 Å². The number of hydrogen-bond donors (Lipinski definition) is 3. The minimum Gasteiger partial charge on any atom is -0.348 e. The van der Waals surface area contributed by atoms with Crippen molar-refractivity contribution in [1.82, 2.24) is 29.5 Å². The molecular weight excluding hydrogens is 382 g/mol. The van der Waals surface area contributed by atoms with E-state index in [4.69, 9.17) is 0 Å². The maximum absolute atomic E-state index is 12.2. The van der Waals surface area contributed by atoms with Crippen LogP contribution < -0.4 is 16.6 Å². The van der Waals surface area contributed by atoms with E-state index in [1.54, 1.807) is 35.3 Å². The summed E-state index contributed by atoms with van der Waals surface area (Å²) in [6, 6.07) is 15.2. The van der Waals surface area contributed by atoms with Crippen LogP contribution in [-0.4, -0.2) is 29.5 Å². The van der Waals surface area contributed by atoms with Crippen molar-refractivity contribution in [3.63, 3.8) is 0 Å². The molecule has 3 N–H and O–H groups in total. The van der Waals surface area contributed by atoms with Gasteiger partial charge in [-0.1, -0.05) is 30.3 Å². The number of anilines is 1. The second-order valence-corrected chi connectivity index (χ2v) is 6.92. The van der Waals surface area contributed by atoms with Crippen LogP contribution in [0.1, 0.15) is 18.5 Å².